The molecule has 0 aliphatic heterocycles. The summed E-state index contributed by atoms with van der Waals surface area (Å²) in [4.78, 5) is 15.1. The van der Waals surface area contributed by atoms with E-state index in [0.29, 0.717) is 34.2 Å². The van der Waals surface area contributed by atoms with E-state index in [1.54, 1.807) is 13.8 Å². The summed E-state index contributed by atoms with van der Waals surface area (Å²) < 4.78 is 22.5. The predicted octanol–water partition coefficient (Wildman–Crippen LogP) is 3.61. The number of hydrogen-bond acceptors (Lipinski definition) is 7. The fourth-order valence-corrected chi connectivity index (χ4v) is 2.70. The van der Waals surface area contributed by atoms with Crippen LogP contribution in [0.25, 0.3) is 22.8 Å². The van der Waals surface area contributed by atoms with Gasteiger partial charge in [0, 0.05) is 6.07 Å². The number of amides is 1. The van der Waals surface area contributed by atoms with Gasteiger partial charge in [0.1, 0.15) is 17.9 Å². The third-order valence-electron chi connectivity index (χ3n) is 4.46. The van der Waals surface area contributed by atoms with Gasteiger partial charge in [-0.05, 0) is 49.9 Å². The Hall–Kier alpha value is -3.23. The molecule has 1 aromatic carbocycles. The minimum Gasteiger partial charge on any atom is -0.493 e. The van der Waals surface area contributed by atoms with Crippen molar-refractivity contribution in [2.75, 3.05) is 13.2 Å². The number of ether oxygens (including phenoxy) is 2. The fourth-order valence-electron chi connectivity index (χ4n) is 2.70. The van der Waals surface area contributed by atoms with Crippen molar-refractivity contribution in [1.29, 1.82) is 0 Å². The van der Waals surface area contributed by atoms with Crippen molar-refractivity contribution in [2.24, 2.45) is 5.92 Å². The third kappa shape index (κ3) is 4.03. The normalized spacial score (nSPS) is 14.8. The van der Waals surface area contributed by atoms with Gasteiger partial charge in [0.25, 0.3) is 11.8 Å². The lowest BCUT2D eigenvalue weighted by atomic mass is 10.3. The van der Waals surface area contributed by atoms with Crippen LogP contribution in [0.15, 0.2) is 27.1 Å². The van der Waals surface area contributed by atoms with Crippen molar-refractivity contribution in [3.8, 4) is 23.3 Å². The van der Waals surface area contributed by atoms with Crippen molar-refractivity contribution in [1.82, 2.24) is 15.5 Å². The maximum Gasteiger partial charge on any atom is 0.404 e. The molecule has 4 rings (SSSR count). The molecule has 28 heavy (non-hydrogen) atoms. The van der Waals surface area contributed by atoms with Crippen LogP contribution in [0.4, 0.5) is 4.79 Å². The number of carbonyl (C=O) groups is 1. The molecule has 2 heterocycles. The molecule has 0 bridgehead atoms. The first-order chi connectivity index (χ1) is 13.5. The summed E-state index contributed by atoms with van der Waals surface area (Å²) in [5.74, 6) is 2.35. The van der Waals surface area contributed by atoms with Gasteiger partial charge in [-0.2, -0.15) is 0 Å². The summed E-state index contributed by atoms with van der Waals surface area (Å²) in [6.07, 6.45) is 1.35. The summed E-state index contributed by atoms with van der Waals surface area (Å²) in [5, 5.41) is 14.9. The highest BCUT2D eigenvalue weighted by molar-refractivity contribution is 5.77. The van der Waals surface area contributed by atoms with Crippen molar-refractivity contribution < 1.29 is 28.3 Å². The van der Waals surface area contributed by atoms with E-state index in [4.69, 9.17) is 23.5 Å². The second-order valence-corrected chi connectivity index (χ2v) is 7.01. The summed E-state index contributed by atoms with van der Waals surface area (Å²) in [7, 11) is 0. The molecule has 0 spiro atoms. The average molecular weight is 387 g/mol. The monoisotopic (exact) mass is 387 g/mol. The highest BCUT2D eigenvalue weighted by Gasteiger charge is 2.23. The second-order valence-electron chi connectivity index (χ2n) is 7.01. The van der Waals surface area contributed by atoms with E-state index in [0.717, 1.165) is 12.4 Å². The van der Waals surface area contributed by atoms with Crippen molar-refractivity contribution in [3.63, 3.8) is 0 Å². The lowest BCUT2D eigenvalue weighted by molar-refractivity contribution is 0.181. The van der Waals surface area contributed by atoms with Crippen LogP contribution in [0.1, 0.15) is 25.3 Å². The maximum atomic E-state index is 10.6. The first-order valence-electron chi connectivity index (χ1n) is 9.12. The number of fused-ring (bicyclic) bond motifs is 1. The number of oxazole rings is 1. The zero-order valence-corrected chi connectivity index (χ0v) is 15.6. The van der Waals surface area contributed by atoms with Gasteiger partial charge in [0.2, 0.25) is 5.76 Å². The Morgan fingerprint density at radius 1 is 1.39 bits per heavy atom. The molecular weight excluding hydrogens is 366 g/mol. The van der Waals surface area contributed by atoms with Crippen LogP contribution >= 0.6 is 0 Å². The van der Waals surface area contributed by atoms with E-state index in [2.05, 4.69) is 15.5 Å². The molecule has 0 saturated heterocycles. The van der Waals surface area contributed by atoms with Gasteiger partial charge in [-0.25, -0.2) is 9.78 Å². The molecule has 1 aliphatic carbocycles. The number of hydrogen-bond donors (Lipinski definition) is 2. The largest absolute Gasteiger partial charge is 0.493 e. The molecule has 0 unspecified atom stereocenters. The van der Waals surface area contributed by atoms with Gasteiger partial charge in [0.05, 0.1) is 18.2 Å². The molecule has 1 aliphatic rings. The molecule has 1 atom stereocenters. The van der Waals surface area contributed by atoms with Crippen LogP contribution in [-0.4, -0.2) is 40.6 Å². The van der Waals surface area contributed by atoms with Crippen LogP contribution in [0.2, 0.25) is 0 Å². The Morgan fingerprint density at radius 3 is 2.96 bits per heavy atom. The number of benzene rings is 1. The van der Waals surface area contributed by atoms with Gasteiger partial charge in [-0.1, -0.05) is 0 Å². The summed E-state index contributed by atoms with van der Waals surface area (Å²) in [5.41, 5.74) is 1.91. The Kier molecular flexibility index (Phi) is 4.81. The standard InChI is InChI=1S/C19H21N3O6/c1-10(20-19(23)24)8-26-17-11(2)16(28-22-17)18-21-14-6-5-13(7-15(14)27-18)25-9-12-3-4-12/h5-7,10,12,20H,3-4,8-9H2,1-2H3,(H,23,24)/t10-/m0/s1. The average Bonchev–Trinajstić information content (AvgIpc) is 3.27. The van der Waals surface area contributed by atoms with E-state index in [9.17, 15) is 4.79 Å². The number of nitrogens with one attached hydrogen (secondary N) is 1. The van der Waals surface area contributed by atoms with Crippen molar-refractivity contribution in [2.45, 2.75) is 32.7 Å². The second kappa shape index (κ2) is 7.41. The Balaban J connectivity index is 1.48. The van der Waals surface area contributed by atoms with Crippen LogP contribution in [0.3, 0.4) is 0 Å². The smallest absolute Gasteiger partial charge is 0.404 e. The van der Waals surface area contributed by atoms with E-state index >= 15 is 0 Å². The molecule has 1 saturated carbocycles. The number of aromatic nitrogens is 2. The minimum absolute atomic E-state index is 0.119. The molecule has 0 radical (unpaired) electrons. The van der Waals surface area contributed by atoms with Gasteiger partial charge in [0.15, 0.2) is 5.58 Å². The van der Waals surface area contributed by atoms with E-state index in [-0.39, 0.29) is 12.5 Å². The lowest BCUT2D eigenvalue weighted by Gasteiger charge is -2.11. The number of carboxylic acid groups (broad SMARTS) is 1. The Bertz CT molecular complexity index is 991. The number of rotatable bonds is 8. The lowest BCUT2D eigenvalue weighted by Crippen LogP contribution is -2.35. The SMILES string of the molecule is Cc1c(OC[C@H](C)NC(=O)O)noc1-c1nc2ccc(OCC3CC3)cc2o1. The Labute approximate surface area is 160 Å². The van der Waals surface area contributed by atoms with E-state index in [1.165, 1.54) is 12.8 Å². The molecule has 3 aromatic rings. The third-order valence-corrected chi connectivity index (χ3v) is 4.46. The number of nitrogens with zero attached hydrogens (tertiary/aromatic N) is 2. The van der Waals surface area contributed by atoms with Crippen molar-refractivity contribution >= 4 is 17.2 Å². The zero-order valence-electron chi connectivity index (χ0n) is 15.6. The molecule has 2 N–H and O–H groups in total. The zero-order chi connectivity index (χ0) is 19.7. The predicted molar refractivity (Wildman–Crippen MR) is 98.6 cm³/mol. The minimum atomic E-state index is -1.11. The summed E-state index contributed by atoms with van der Waals surface area (Å²) in [6.45, 7) is 4.31. The fraction of sp³-hybridized carbons (Fsp3) is 0.421. The molecular formula is C19H21N3O6. The van der Waals surface area contributed by atoms with E-state index in [1.807, 2.05) is 18.2 Å². The highest BCUT2D eigenvalue weighted by atomic mass is 16.5. The molecule has 1 fully saturated rings. The van der Waals surface area contributed by atoms with Crippen LogP contribution in [-0.2, 0) is 0 Å². The van der Waals surface area contributed by atoms with Crippen LogP contribution < -0.4 is 14.8 Å². The topological polar surface area (TPSA) is 120 Å². The van der Waals surface area contributed by atoms with Gasteiger partial charge >= 0.3 is 6.09 Å². The highest BCUT2D eigenvalue weighted by Crippen LogP contribution is 2.33. The first-order valence-corrected chi connectivity index (χ1v) is 9.12. The van der Waals surface area contributed by atoms with Gasteiger partial charge < -0.3 is 28.8 Å². The molecule has 9 heteroatoms. The molecule has 148 valence electrons. The van der Waals surface area contributed by atoms with Gasteiger partial charge in [-0.15, -0.1) is 0 Å². The summed E-state index contributed by atoms with van der Waals surface area (Å²) >= 11 is 0. The Morgan fingerprint density at radius 2 is 2.21 bits per heavy atom. The molecule has 2 aromatic heterocycles. The quantitative estimate of drug-likeness (QED) is 0.601. The van der Waals surface area contributed by atoms with Gasteiger partial charge in [-0.3, -0.25) is 0 Å². The summed E-state index contributed by atoms with van der Waals surface area (Å²) in [6, 6.07) is 5.13. The van der Waals surface area contributed by atoms with Crippen LogP contribution in [0, 0.1) is 12.8 Å². The molecule has 9 nitrogen and oxygen atoms in total. The first kappa shape index (κ1) is 18.1. The van der Waals surface area contributed by atoms with Crippen LogP contribution in [0.5, 0.6) is 11.6 Å². The molecule has 1 amide bonds. The van der Waals surface area contributed by atoms with E-state index < -0.39 is 12.1 Å². The van der Waals surface area contributed by atoms with Crippen molar-refractivity contribution in [3.05, 3.63) is 23.8 Å². The maximum absolute atomic E-state index is 10.6.